The number of nitrogens with one attached hydrogen (secondary N) is 1. The lowest BCUT2D eigenvalue weighted by Crippen LogP contribution is -2.28. The van der Waals surface area contributed by atoms with Gasteiger partial charge in [-0.2, -0.15) is 0 Å². The van der Waals surface area contributed by atoms with Crippen LogP contribution in [-0.2, 0) is 9.53 Å². The number of rotatable bonds is 3. The molecule has 2 rings (SSSR count). The topological polar surface area (TPSA) is 91.8 Å². The second-order valence-corrected chi connectivity index (χ2v) is 6.26. The van der Waals surface area contributed by atoms with Crippen molar-refractivity contribution in [1.29, 1.82) is 0 Å². The maximum atomic E-state index is 11.9. The fraction of sp³-hybridized carbons (Fsp3) is 0.533. The normalized spacial score (nSPS) is 18.5. The van der Waals surface area contributed by atoms with Crippen molar-refractivity contribution in [2.45, 2.75) is 32.8 Å². The van der Waals surface area contributed by atoms with E-state index in [0.29, 0.717) is 24.6 Å². The lowest BCUT2D eigenvalue weighted by atomic mass is 10.1. The number of nitrogens with zero attached hydrogens (tertiary/aromatic N) is 2. The summed E-state index contributed by atoms with van der Waals surface area (Å²) >= 11 is 0. The summed E-state index contributed by atoms with van der Waals surface area (Å²) in [5.74, 6) is 0.610. The third-order valence-electron chi connectivity index (χ3n) is 3.10. The van der Waals surface area contributed by atoms with E-state index in [1.54, 1.807) is 39.0 Å². The molecule has 0 spiro atoms. The van der Waals surface area contributed by atoms with Crippen LogP contribution in [0.4, 0.5) is 16.4 Å². The molecule has 0 aliphatic carbocycles. The molecule has 120 valence electrons. The molecule has 1 fully saturated rings. The van der Waals surface area contributed by atoms with Gasteiger partial charge in [0.1, 0.15) is 17.2 Å². The molecule has 1 atom stereocenters. The number of aliphatic hydroxyl groups is 1. The Morgan fingerprint density at radius 3 is 2.82 bits per heavy atom. The van der Waals surface area contributed by atoms with Crippen LogP contribution in [0.1, 0.15) is 27.2 Å². The first kappa shape index (κ1) is 16.2. The van der Waals surface area contributed by atoms with E-state index in [9.17, 15) is 9.59 Å². The first-order valence-corrected chi connectivity index (χ1v) is 7.17. The number of carbonyl (C=O) groups excluding carboxylic acids is 2. The molecule has 0 radical (unpaired) electrons. The number of carbonyl (C=O) groups is 2. The number of aliphatic hydroxyl groups excluding tert-OH is 1. The van der Waals surface area contributed by atoms with Crippen LogP contribution < -0.4 is 10.2 Å². The van der Waals surface area contributed by atoms with Gasteiger partial charge < -0.3 is 9.84 Å². The zero-order valence-electron chi connectivity index (χ0n) is 13.0. The molecular formula is C15H21N3O4. The highest BCUT2D eigenvalue weighted by atomic mass is 16.6. The maximum Gasteiger partial charge on any atom is 0.413 e. The van der Waals surface area contributed by atoms with Crippen LogP contribution in [0.5, 0.6) is 0 Å². The molecule has 0 aromatic carbocycles. The number of aromatic nitrogens is 1. The van der Waals surface area contributed by atoms with Gasteiger partial charge in [-0.1, -0.05) is 6.07 Å². The molecule has 2 N–H and O–H groups in total. The molecule has 1 aromatic rings. The van der Waals surface area contributed by atoms with Crippen molar-refractivity contribution in [3.8, 4) is 0 Å². The Kier molecular flexibility index (Phi) is 4.65. The van der Waals surface area contributed by atoms with Gasteiger partial charge in [-0.15, -0.1) is 0 Å². The number of ether oxygens (including phenoxy) is 1. The fourth-order valence-electron chi connectivity index (χ4n) is 2.18. The predicted molar refractivity (Wildman–Crippen MR) is 81.6 cm³/mol. The second kappa shape index (κ2) is 6.31. The summed E-state index contributed by atoms with van der Waals surface area (Å²) in [5.41, 5.74) is -0.596. The number of amides is 2. The predicted octanol–water partition coefficient (Wildman–Crippen LogP) is 1.77. The fourth-order valence-corrected chi connectivity index (χ4v) is 2.18. The highest BCUT2D eigenvalue weighted by molar-refractivity contribution is 5.95. The van der Waals surface area contributed by atoms with Gasteiger partial charge in [0.25, 0.3) is 0 Å². The molecule has 0 bridgehead atoms. The number of anilines is 2. The highest BCUT2D eigenvalue weighted by Crippen LogP contribution is 2.24. The first-order valence-electron chi connectivity index (χ1n) is 7.17. The first-order chi connectivity index (χ1) is 10.3. The minimum Gasteiger partial charge on any atom is -0.444 e. The van der Waals surface area contributed by atoms with Crippen LogP contribution in [0.3, 0.4) is 0 Å². The van der Waals surface area contributed by atoms with E-state index in [0.717, 1.165) is 0 Å². The van der Waals surface area contributed by atoms with Crippen LogP contribution in [0, 0.1) is 5.92 Å². The SMILES string of the molecule is CC(C)(C)OC(=O)Nc1cccc(N2CC(CO)CC2=O)n1. The van der Waals surface area contributed by atoms with E-state index in [-0.39, 0.29) is 18.4 Å². The van der Waals surface area contributed by atoms with Gasteiger partial charge >= 0.3 is 6.09 Å². The molecule has 2 amide bonds. The van der Waals surface area contributed by atoms with Gasteiger partial charge in [0.15, 0.2) is 0 Å². The summed E-state index contributed by atoms with van der Waals surface area (Å²) in [7, 11) is 0. The summed E-state index contributed by atoms with van der Waals surface area (Å²) in [6, 6.07) is 5.02. The Hall–Kier alpha value is -2.15. The van der Waals surface area contributed by atoms with Gasteiger partial charge in [0, 0.05) is 25.5 Å². The number of hydrogen-bond donors (Lipinski definition) is 2. The van der Waals surface area contributed by atoms with Gasteiger partial charge in [0.05, 0.1) is 0 Å². The second-order valence-electron chi connectivity index (χ2n) is 6.26. The standard InChI is InChI=1S/C15H21N3O4/c1-15(2,3)22-14(21)17-11-5-4-6-12(16-11)18-8-10(9-19)7-13(18)20/h4-6,10,19H,7-9H2,1-3H3,(H,16,17,21). The number of hydrogen-bond acceptors (Lipinski definition) is 5. The number of pyridine rings is 1. The Morgan fingerprint density at radius 2 is 2.23 bits per heavy atom. The van der Waals surface area contributed by atoms with Gasteiger partial charge in [-0.25, -0.2) is 9.78 Å². The molecule has 1 saturated heterocycles. The third-order valence-corrected chi connectivity index (χ3v) is 3.10. The van der Waals surface area contributed by atoms with Crippen molar-refractivity contribution in [1.82, 2.24) is 4.98 Å². The summed E-state index contributed by atoms with van der Waals surface area (Å²) in [5, 5.41) is 11.7. The monoisotopic (exact) mass is 307 g/mol. The van der Waals surface area contributed by atoms with E-state index in [4.69, 9.17) is 9.84 Å². The molecule has 2 heterocycles. The lowest BCUT2D eigenvalue weighted by Gasteiger charge is -2.20. The van der Waals surface area contributed by atoms with Crippen LogP contribution in [0.15, 0.2) is 18.2 Å². The molecule has 7 heteroatoms. The van der Waals surface area contributed by atoms with Crippen molar-refractivity contribution in [3.05, 3.63) is 18.2 Å². The summed E-state index contributed by atoms with van der Waals surface area (Å²) in [6.07, 6.45) is -0.292. The minimum absolute atomic E-state index is 0.0297. The highest BCUT2D eigenvalue weighted by Gasteiger charge is 2.31. The van der Waals surface area contributed by atoms with Crippen molar-refractivity contribution >= 4 is 23.6 Å². The van der Waals surface area contributed by atoms with Crippen molar-refractivity contribution in [3.63, 3.8) is 0 Å². The zero-order chi connectivity index (χ0) is 16.3. The molecular weight excluding hydrogens is 286 g/mol. The third kappa shape index (κ3) is 4.17. The Labute approximate surface area is 129 Å². The van der Waals surface area contributed by atoms with Crippen LogP contribution >= 0.6 is 0 Å². The smallest absolute Gasteiger partial charge is 0.413 e. The molecule has 1 aliphatic heterocycles. The van der Waals surface area contributed by atoms with E-state index >= 15 is 0 Å². The molecule has 7 nitrogen and oxygen atoms in total. The van der Waals surface area contributed by atoms with Gasteiger partial charge in [0.2, 0.25) is 5.91 Å². The average molecular weight is 307 g/mol. The van der Waals surface area contributed by atoms with Crippen molar-refractivity contribution in [2.24, 2.45) is 5.92 Å². The molecule has 1 aliphatic rings. The molecule has 1 unspecified atom stereocenters. The Bertz CT molecular complexity index is 568. The van der Waals surface area contributed by atoms with Gasteiger partial charge in [-0.3, -0.25) is 15.0 Å². The largest absolute Gasteiger partial charge is 0.444 e. The summed E-state index contributed by atoms with van der Waals surface area (Å²) < 4.78 is 5.16. The molecule has 22 heavy (non-hydrogen) atoms. The van der Waals surface area contributed by atoms with E-state index < -0.39 is 11.7 Å². The van der Waals surface area contributed by atoms with E-state index in [1.165, 1.54) is 4.90 Å². The van der Waals surface area contributed by atoms with Gasteiger partial charge in [-0.05, 0) is 32.9 Å². The average Bonchev–Trinajstić information content (AvgIpc) is 2.78. The quantitative estimate of drug-likeness (QED) is 0.888. The van der Waals surface area contributed by atoms with E-state index in [2.05, 4.69) is 10.3 Å². The summed E-state index contributed by atoms with van der Waals surface area (Å²) in [6.45, 7) is 5.72. The van der Waals surface area contributed by atoms with Crippen LogP contribution in [0.2, 0.25) is 0 Å². The van der Waals surface area contributed by atoms with Crippen molar-refractivity contribution < 1.29 is 19.4 Å². The molecule has 0 saturated carbocycles. The Morgan fingerprint density at radius 1 is 1.50 bits per heavy atom. The summed E-state index contributed by atoms with van der Waals surface area (Å²) in [4.78, 5) is 29.4. The van der Waals surface area contributed by atoms with Crippen molar-refractivity contribution in [2.75, 3.05) is 23.4 Å². The minimum atomic E-state index is -0.599. The zero-order valence-corrected chi connectivity index (χ0v) is 13.0. The van der Waals surface area contributed by atoms with Crippen LogP contribution in [0.25, 0.3) is 0 Å². The maximum absolute atomic E-state index is 11.9. The van der Waals surface area contributed by atoms with E-state index in [1.807, 2.05) is 0 Å². The molecule has 1 aromatic heterocycles. The lowest BCUT2D eigenvalue weighted by molar-refractivity contribution is -0.117. The van der Waals surface area contributed by atoms with Crippen LogP contribution in [-0.4, -0.2) is 40.8 Å². The Balaban J connectivity index is 2.07.